The van der Waals surface area contributed by atoms with Gasteiger partial charge >= 0.3 is 0 Å². The number of benzene rings is 1. The third-order valence-electron chi connectivity index (χ3n) is 5.65. The van der Waals surface area contributed by atoms with Gasteiger partial charge in [-0.3, -0.25) is 9.59 Å². The number of nitrogens with zero attached hydrogens (tertiary/aromatic N) is 1. The van der Waals surface area contributed by atoms with E-state index in [0.29, 0.717) is 17.4 Å². The first-order chi connectivity index (χ1) is 13.4. The Morgan fingerprint density at radius 2 is 1.43 bits per heavy atom. The summed E-state index contributed by atoms with van der Waals surface area (Å²) >= 11 is 0. The van der Waals surface area contributed by atoms with E-state index in [2.05, 4.69) is 12.2 Å². The van der Waals surface area contributed by atoms with Gasteiger partial charge in [0.1, 0.15) is 6.04 Å². The van der Waals surface area contributed by atoms with Crippen LogP contribution in [0.1, 0.15) is 78.1 Å². The molecule has 0 spiro atoms. The summed E-state index contributed by atoms with van der Waals surface area (Å²) < 4.78 is 0.384. The lowest BCUT2D eigenvalue weighted by molar-refractivity contribution is -0.896. The molecule has 1 unspecified atom stereocenters. The van der Waals surface area contributed by atoms with Crippen LogP contribution in [0.3, 0.4) is 0 Å². The van der Waals surface area contributed by atoms with Crippen molar-refractivity contribution in [3.8, 4) is 0 Å². The third-order valence-corrected chi connectivity index (χ3v) is 5.65. The molecule has 1 atom stereocenters. The Bertz CT molecular complexity index is 569. The van der Waals surface area contributed by atoms with Crippen molar-refractivity contribution in [1.82, 2.24) is 0 Å². The zero-order valence-electron chi connectivity index (χ0n) is 18.5. The van der Waals surface area contributed by atoms with Crippen LogP contribution in [0.2, 0.25) is 0 Å². The van der Waals surface area contributed by atoms with Crippen LogP contribution < -0.4 is 5.32 Å². The number of unbranched alkanes of at least 4 members (excludes halogenated alkanes) is 8. The van der Waals surface area contributed by atoms with E-state index >= 15 is 0 Å². The number of ketones is 1. The minimum atomic E-state index is -0.171. The molecule has 1 amide bonds. The second kappa shape index (κ2) is 13.5. The summed E-state index contributed by atoms with van der Waals surface area (Å²) in [5.74, 6) is 0.208. The largest absolute Gasteiger partial charge is 0.321 e. The highest BCUT2D eigenvalue weighted by molar-refractivity contribution is 5.92. The lowest BCUT2D eigenvalue weighted by Crippen LogP contribution is -2.54. The number of Topliss-reactive ketones (excluding diaryl/α,β-unsaturated/α-hetero) is 1. The molecule has 0 aliphatic rings. The molecule has 0 heterocycles. The van der Waals surface area contributed by atoms with Gasteiger partial charge in [0.25, 0.3) is 5.91 Å². The van der Waals surface area contributed by atoms with E-state index < -0.39 is 0 Å². The first-order valence-electron chi connectivity index (χ1n) is 11.1. The number of carbonyl (C=O) groups excluding carboxylic acids is 2. The molecular weight excluding hydrogens is 348 g/mol. The Morgan fingerprint density at radius 1 is 0.893 bits per heavy atom. The molecule has 0 radical (unpaired) electrons. The van der Waals surface area contributed by atoms with Gasteiger partial charge in [0.2, 0.25) is 0 Å². The zero-order valence-corrected chi connectivity index (χ0v) is 18.5. The van der Waals surface area contributed by atoms with Crippen molar-refractivity contribution >= 4 is 17.4 Å². The normalized spacial score (nSPS) is 12.6. The van der Waals surface area contributed by atoms with Gasteiger partial charge in [-0.2, -0.15) is 0 Å². The number of hydrogen-bond acceptors (Lipinski definition) is 2. The van der Waals surface area contributed by atoms with Gasteiger partial charge in [-0.1, -0.05) is 76.5 Å². The molecule has 0 bridgehead atoms. The highest BCUT2D eigenvalue weighted by Gasteiger charge is 2.32. The van der Waals surface area contributed by atoms with Crippen LogP contribution in [0, 0.1) is 0 Å². The lowest BCUT2D eigenvalue weighted by Gasteiger charge is -2.34. The SMILES string of the molecule is CCCCCCCCCCCC(=O)C(C)[N+](C)(C)CC(=O)Nc1ccccc1. The fraction of sp³-hybridized carbons (Fsp3) is 0.667. The molecule has 0 aromatic heterocycles. The van der Waals surface area contributed by atoms with Crippen LogP contribution in [-0.2, 0) is 9.59 Å². The van der Waals surface area contributed by atoms with E-state index in [9.17, 15) is 9.59 Å². The van der Waals surface area contributed by atoms with E-state index in [4.69, 9.17) is 0 Å². The van der Waals surface area contributed by atoms with Crippen LogP contribution in [0.15, 0.2) is 30.3 Å². The molecular formula is C24H41N2O2+. The number of hydrogen-bond donors (Lipinski definition) is 1. The highest BCUT2D eigenvalue weighted by Crippen LogP contribution is 2.15. The predicted octanol–water partition coefficient (Wildman–Crippen LogP) is 5.58. The van der Waals surface area contributed by atoms with E-state index in [0.717, 1.165) is 18.5 Å². The van der Waals surface area contributed by atoms with Crippen molar-refractivity contribution in [3.05, 3.63) is 30.3 Å². The Morgan fingerprint density at radius 3 is 2.00 bits per heavy atom. The van der Waals surface area contributed by atoms with Gasteiger partial charge < -0.3 is 9.80 Å². The maximum atomic E-state index is 12.6. The third kappa shape index (κ3) is 10.0. The molecule has 1 aromatic carbocycles. The molecule has 158 valence electrons. The van der Waals surface area contributed by atoms with E-state index in [1.54, 1.807) is 0 Å². The summed E-state index contributed by atoms with van der Waals surface area (Å²) in [6, 6.07) is 9.28. The number of amides is 1. The van der Waals surface area contributed by atoms with Crippen LogP contribution in [-0.4, -0.2) is 42.9 Å². The van der Waals surface area contributed by atoms with E-state index in [1.807, 2.05) is 51.4 Å². The fourth-order valence-electron chi connectivity index (χ4n) is 3.44. The van der Waals surface area contributed by atoms with Crippen LogP contribution in [0.5, 0.6) is 0 Å². The van der Waals surface area contributed by atoms with Crippen molar-refractivity contribution < 1.29 is 14.1 Å². The predicted molar refractivity (Wildman–Crippen MR) is 118 cm³/mol. The van der Waals surface area contributed by atoms with E-state index in [1.165, 1.54) is 44.9 Å². The summed E-state index contributed by atoms with van der Waals surface area (Å²) in [6.45, 7) is 4.49. The first kappa shape index (κ1) is 24.4. The van der Waals surface area contributed by atoms with Gasteiger partial charge in [0.15, 0.2) is 12.3 Å². The molecule has 0 saturated carbocycles. The molecule has 28 heavy (non-hydrogen) atoms. The first-order valence-corrected chi connectivity index (χ1v) is 11.1. The number of para-hydroxylation sites is 1. The molecule has 0 aliphatic carbocycles. The highest BCUT2D eigenvalue weighted by atomic mass is 16.2. The fourth-order valence-corrected chi connectivity index (χ4v) is 3.44. The van der Waals surface area contributed by atoms with Crippen molar-refractivity contribution in [2.45, 2.75) is 84.1 Å². The standard InChI is InChI=1S/C24H40N2O2/c1-5-6-7-8-9-10-11-12-16-19-23(27)21(2)26(3,4)20-24(28)25-22-17-14-13-15-18-22/h13-15,17-18,21H,5-12,16,19-20H2,1-4H3/p+1. The lowest BCUT2D eigenvalue weighted by atomic mass is 10.0. The van der Waals surface area contributed by atoms with Crippen LogP contribution in [0.25, 0.3) is 0 Å². The summed E-state index contributed by atoms with van der Waals surface area (Å²) in [6.07, 6.45) is 11.9. The maximum absolute atomic E-state index is 12.6. The van der Waals surface area contributed by atoms with Gasteiger partial charge in [-0.15, -0.1) is 0 Å². The van der Waals surface area contributed by atoms with Gasteiger partial charge in [-0.25, -0.2) is 0 Å². The molecule has 0 fully saturated rings. The Balaban J connectivity index is 2.25. The second-order valence-corrected chi connectivity index (χ2v) is 8.57. The summed E-state index contributed by atoms with van der Waals surface area (Å²) in [7, 11) is 3.92. The van der Waals surface area contributed by atoms with Crippen molar-refractivity contribution in [1.29, 1.82) is 0 Å². The summed E-state index contributed by atoms with van der Waals surface area (Å²) in [5.41, 5.74) is 0.793. The molecule has 0 saturated heterocycles. The minimum absolute atomic E-state index is 0.0566. The maximum Gasteiger partial charge on any atom is 0.279 e. The van der Waals surface area contributed by atoms with Crippen LogP contribution >= 0.6 is 0 Å². The number of nitrogens with one attached hydrogen (secondary N) is 1. The van der Waals surface area contributed by atoms with Crippen molar-refractivity contribution in [2.75, 3.05) is 26.0 Å². The Kier molecular flexibility index (Phi) is 11.7. The number of rotatable bonds is 15. The number of anilines is 1. The average Bonchev–Trinajstić information content (AvgIpc) is 2.66. The molecule has 1 aromatic rings. The molecule has 4 heteroatoms. The van der Waals surface area contributed by atoms with Crippen molar-refractivity contribution in [2.24, 2.45) is 0 Å². The van der Waals surface area contributed by atoms with Gasteiger partial charge in [-0.05, 0) is 25.5 Å². The summed E-state index contributed by atoms with van der Waals surface area (Å²) in [5, 5.41) is 2.91. The number of carbonyl (C=O) groups is 2. The number of quaternary nitrogens is 1. The Hall–Kier alpha value is -1.68. The molecule has 1 N–H and O–H groups in total. The smallest absolute Gasteiger partial charge is 0.279 e. The average molecular weight is 390 g/mol. The summed E-state index contributed by atoms with van der Waals surface area (Å²) in [4.78, 5) is 24.9. The quantitative estimate of drug-likeness (QED) is 0.314. The zero-order chi connectivity index (χ0) is 20.8. The Labute approximate surface area is 172 Å². The monoisotopic (exact) mass is 389 g/mol. The van der Waals surface area contributed by atoms with Gasteiger partial charge in [0.05, 0.1) is 14.1 Å². The molecule has 0 aliphatic heterocycles. The molecule has 1 rings (SSSR count). The topological polar surface area (TPSA) is 46.2 Å². The van der Waals surface area contributed by atoms with Gasteiger partial charge in [0, 0.05) is 12.1 Å². The molecule has 4 nitrogen and oxygen atoms in total. The minimum Gasteiger partial charge on any atom is -0.321 e. The van der Waals surface area contributed by atoms with Crippen molar-refractivity contribution in [3.63, 3.8) is 0 Å². The number of likely N-dealkylation sites (N-methyl/N-ethyl adjacent to an activating group) is 1. The second-order valence-electron chi connectivity index (χ2n) is 8.57. The van der Waals surface area contributed by atoms with Crippen LogP contribution in [0.4, 0.5) is 5.69 Å². The van der Waals surface area contributed by atoms with E-state index in [-0.39, 0.29) is 17.7 Å².